The van der Waals surface area contributed by atoms with Gasteiger partial charge in [-0.15, -0.1) is 0 Å². The van der Waals surface area contributed by atoms with Crippen LogP contribution in [0.1, 0.15) is 27.0 Å². The molecule has 0 amide bonds. The number of fused-ring (bicyclic) bond motifs is 1. The van der Waals surface area contributed by atoms with E-state index in [1.165, 1.54) is 21.9 Å². The molecule has 1 nitrogen and oxygen atoms in total. The van der Waals surface area contributed by atoms with E-state index in [1.807, 2.05) is 42.5 Å². The largest absolute Gasteiger partial charge is 0.289 e. The van der Waals surface area contributed by atoms with Gasteiger partial charge in [-0.05, 0) is 28.3 Å². The zero-order valence-electron chi connectivity index (χ0n) is 13.9. The van der Waals surface area contributed by atoms with Gasteiger partial charge in [-0.1, -0.05) is 97.1 Å². The van der Waals surface area contributed by atoms with Crippen molar-refractivity contribution in [1.29, 1.82) is 0 Å². The van der Waals surface area contributed by atoms with Gasteiger partial charge in [0.2, 0.25) is 0 Å². The summed E-state index contributed by atoms with van der Waals surface area (Å²) in [5, 5.41) is 2.55. The molecule has 4 rings (SSSR count). The quantitative estimate of drug-likeness (QED) is 0.443. The molecule has 0 unspecified atom stereocenters. The fourth-order valence-corrected chi connectivity index (χ4v) is 3.20. The van der Waals surface area contributed by atoms with Crippen LogP contribution in [0.25, 0.3) is 10.8 Å². The normalized spacial score (nSPS) is 10.7. The van der Waals surface area contributed by atoms with Crippen LogP contribution in [0.2, 0.25) is 0 Å². The molecule has 4 aromatic rings. The lowest BCUT2D eigenvalue weighted by Gasteiger charge is -2.08. The Morgan fingerprint density at radius 3 is 2.04 bits per heavy atom. The summed E-state index contributed by atoms with van der Waals surface area (Å²) < 4.78 is 0. The Balaban J connectivity index is 1.59. The minimum atomic E-state index is 0.0670. The average Bonchev–Trinajstić information content (AvgIpc) is 2.69. The van der Waals surface area contributed by atoms with E-state index in [2.05, 4.69) is 54.6 Å². The van der Waals surface area contributed by atoms with Gasteiger partial charge in [-0.25, -0.2) is 0 Å². The van der Waals surface area contributed by atoms with Crippen molar-refractivity contribution in [3.63, 3.8) is 0 Å². The van der Waals surface area contributed by atoms with Gasteiger partial charge in [0.25, 0.3) is 0 Å². The molecule has 0 aromatic heterocycles. The van der Waals surface area contributed by atoms with Crippen molar-refractivity contribution in [3.8, 4) is 0 Å². The Kier molecular flexibility index (Phi) is 4.14. The summed E-state index contributed by atoms with van der Waals surface area (Å²) in [5.41, 5.74) is 3.97. The summed E-state index contributed by atoms with van der Waals surface area (Å²) in [5.74, 6) is 0.0670. The van der Waals surface area contributed by atoms with E-state index in [0.717, 1.165) is 17.5 Å². The standard InChI is InChI=1S/C24H18O/c25-24(20-8-2-1-3-9-20)21-15-13-18(14-16-21)17-22-11-6-10-19-7-4-5-12-23(19)22/h1-16H,17H2. The number of benzene rings is 4. The maximum Gasteiger partial charge on any atom is 0.193 e. The maximum atomic E-state index is 12.5. The topological polar surface area (TPSA) is 17.1 Å². The lowest BCUT2D eigenvalue weighted by Crippen LogP contribution is -2.01. The number of carbonyl (C=O) groups excluding carboxylic acids is 1. The Hall–Kier alpha value is -3.19. The van der Waals surface area contributed by atoms with E-state index < -0.39 is 0 Å². The lowest BCUT2D eigenvalue weighted by molar-refractivity contribution is 0.103. The molecule has 0 aliphatic carbocycles. The molecular formula is C24H18O. The second-order valence-electron chi connectivity index (χ2n) is 6.21. The number of carbonyl (C=O) groups is 1. The van der Waals surface area contributed by atoms with E-state index in [9.17, 15) is 4.79 Å². The molecule has 0 radical (unpaired) electrons. The van der Waals surface area contributed by atoms with Crippen LogP contribution in [-0.4, -0.2) is 5.78 Å². The maximum absolute atomic E-state index is 12.5. The van der Waals surface area contributed by atoms with Crippen molar-refractivity contribution >= 4 is 16.6 Å². The second-order valence-corrected chi connectivity index (χ2v) is 6.21. The first-order valence-electron chi connectivity index (χ1n) is 8.46. The minimum Gasteiger partial charge on any atom is -0.289 e. The third-order valence-corrected chi connectivity index (χ3v) is 4.53. The Bertz CT molecular complexity index is 1010. The Morgan fingerprint density at radius 2 is 1.24 bits per heavy atom. The lowest BCUT2D eigenvalue weighted by atomic mass is 9.96. The summed E-state index contributed by atoms with van der Waals surface area (Å²) in [6.45, 7) is 0. The van der Waals surface area contributed by atoms with Gasteiger partial charge in [-0.3, -0.25) is 4.79 Å². The van der Waals surface area contributed by atoms with E-state index in [1.54, 1.807) is 0 Å². The molecule has 25 heavy (non-hydrogen) atoms. The molecule has 120 valence electrons. The third kappa shape index (κ3) is 3.22. The van der Waals surface area contributed by atoms with Crippen LogP contribution in [0.3, 0.4) is 0 Å². The summed E-state index contributed by atoms with van der Waals surface area (Å²) in [4.78, 5) is 12.5. The van der Waals surface area contributed by atoms with Crippen LogP contribution in [0.15, 0.2) is 97.1 Å². The monoisotopic (exact) mass is 322 g/mol. The molecule has 0 saturated carbocycles. The molecule has 0 spiro atoms. The van der Waals surface area contributed by atoms with E-state index in [4.69, 9.17) is 0 Å². The fraction of sp³-hybridized carbons (Fsp3) is 0.0417. The van der Waals surface area contributed by atoms with Gasteiger partial charge in [0.1, 0.15) is 0 Å². The van der Waals surface area contributed by atoms with Gasteiger partial charge in [0, 0.05) is 11.1 Å². The first-order chi connectivity index (χ1) is 12.3. The average molecular weight is 322 g/mol. The molecule has 0 aliphatic rings. The number of hydrogen-bond acceptors (Lipinski definition) is 1. The first kappa shape index (κ1) is 15.3. The first-order valence-corrected chi connectivity index (χ1v) is 8.46. The second kappa shape index (κ2) is 6.74. The van der Waals surface area contributed by atoms with E-state index >= 15 is 0 Å². The third-order valence-electron chi connectivity index (χ3n) is 4.53. The highest BCUT2D eigenvalue weighted by Crippen LogP contribution is 2.22. The number of ketones is 1. The summed E-state index contributed by atoms with van der Waals surface area (Å²) >= 11 is 0. The molecule has 0 heterocycles. The smallest absolute Gasteiger partial charge is 0.193 e. The molecular weight excluding hydrogens is 304 g/mol. The van der Waals surface area contributed by atoms with Crippen LogP contribution in [0.4, 0.5) is 0 Å². The van der Waals surface area contributed by atoms with Crippen LogP contribution in [-0.2, 0) is 6.42 Å². The van der Waals surface area contributed by atoms with Crippen molar-refractivity contribution in [2.75, 3.05) is 0 Å². The highest BCUT2D eigenvalue weighted by Gasteiger charge is 2.08. The highest BCUT2D eigenvalue weighted by molar-refractivity contribution is 6.08. The van der Waals surface area contributed by atoms with Crippen molar-refractivity contribution in [1.82, 2.24) is 0 Å². The summed E-state index contributed by atoms with van der Waals surface area (Å²) in [7, 11) is 0. The van der Waals surface area contributed by atoms with Gasteiger partial charge in [-0.2, -0.15) is 0 Å². The Morgan fingerprint density at radius 1 is 0.600 bits per heavy atom. The van der Waals surface area contributed by atoms with E-state index in [-0.39, 0.29) is 5.78 Å². The van der Waals surface area contributed by atoms with Crippen molar-refractivity contribution in [2.45, 2.75) is 6.42 Å². The van der Waals surface area contributed by atoms with Gasteiger partial charge >= 0.3 is 0 Å². The molecule has 1 heteroatoms. The van der Waals surface area contributed by atoms with Crippen LogP contribution >= 0.6 is 0 Å². The zero-order valence-corrected chi connectivity index (χ0v) is 13.9. The predicted molar refractivity (Wildman–Crippen MR) is 103 cm³/mol. The number of rotatable bonds is 4. The van der Waals surface area contributed by atoms with Gasteiger partial charge in [0.15, 0.2) is 5.78 Å². The highest BCUT2D eigenvalue weighted by atomic mass is 16.1. The van der Waals surface area contributed by atoms with Crippen molar-refractivity contribution in [2.24, 2.45) is 0 Å². The SMILES string of the molecule is O=C(c1ccccc1)c1ccc(Cc2cccc3ccccc23)cc1. The summed E-state index contributed by atoms with van der Waals surface area (Å²) in [6, 6.07) is 32.2. The van der Waals surface area contributed by atoms with Crippen molar-refractivity contribution in [3.05, 3.63) is 119 Å². The molecule has 0 atom stereocenters. The number of hydrogen-bond donors (Lipinski definition) is 0. The molecule has 0 fully saturated rings. The molecule has 0 N–H and O–H groups in total. The summed E-state index contributed by atoms with van der Waals surface area (Å²) in [6.07, 6.45) is 0.862. The van der Waals surface area contributed by atoms with Gasteiger partial charge < -0.3 is 0 Å². The Labute approximate surface area is 147 Å². The molecule has 0 saturated heterocycles. The minimum absolute atomic E-state index is 0.0670. The zero-order chi connectivity index (χ0) is 17.1. The van der Waals surface area contributed by atoms with Crippen molar-refractivity contribution < 1.29 is 4.79 Å². The molecule has 0 bridgehead atoms. The van der Waals surface area contributed by atoms with E-state index in [0.29, 0.717) is 0 Å². The molecule has 4 aromatic carbocycles. The van der Waals surface area contributed by atoms with Crippen LogP contribution in [0.5, 0.6) is 0 Å². The van der Waals surface area contributed by atoms with Crippen LogP contribution < -0.4 is 0 Å². The fourth-order valence-electron chi connectivity index (χ4n) is 3.20. The van der Waals surface area contributed by atoms with Crippen LogP contribution in [0, 0.1) is 0 Å². The van der Waals surface area contributed by atoms with Gasteiger partial charge in [0.05, 0.1) is 0 Å². The molecule has 0 aliphatic heterocycles. The predicted octanol–water partition coefficient (Wildman–Crippen LogP) is 5.66.